The van der Waals surface area contributed by atoms with Crippen LogP contribution in [0.5, 0.6) is 5.75 Å². The van der Waals surface area contributed by atoms with Crippen LogP contribution in [0.25, 0.3) is 6.08 Å². The summed E-state index contributed by atoms with van der Waals surface area (Å²) >= 11 is 0. The van der Waals surface area contributed by atoms with Crippen molar-refractivity contribution in [3.05, 3.63) is 59.9 Å². The number of amides is 1. The van der Waals surface area contributed by atoms with Crippen molar-refractivity contribution >= 4 is 17.7 Å². The fourth-order valence-corrected chi connectivity index (χ4v) is 1.65. The molecule has 1 heterocycles. The molecule has 0 atom stereocenters. The van der Waals surface area contributed by atoms with Gasteiger partial charge in [-0.1, -0.05) is 12.1 Å². The smallest absolute Gasteiger partial charge is 0.266 e. The van der Waals surface area contributed by atoms with Crippen molar-refractivity contribution in [1.29, 1.82) is 5.26 Å². The van der Waals surface area contributed by atoms with Crippen molar-refractivity contribution in [3.63, 3.8) is 0 Å². The highest BCUT2D eigenvalue weighted by Crippen LogP contribution is 2.14. The number of methoxy groups -OCH3 is 1. The number of anilines is 1. The van der Waals surface area contributed by atoms with E-state index in [4.69, 9.17) is 10.00 Å². The maximum Gasteiger partial charge on any atom is 0.266 e. The highest BCUT2D eigenvalue weighted by molar-refractivity contribution is 6.09. The standard InChI is InChI=1S/C16H13N3O2/c1-21-15-6-4-12(5-7-15)9-13(10-17)16(20)19-14-3-2-8-18-11-14/h2-9,11H,1H3,(H,19,20)/b13-9+. The highest BCUT2D eigenvalue weighted by atomic mass is 16.5. The van der Waals surface area contributed by atoms with Crippen LogP contribution < -0.4 is 10.1 Å². The second-order valence-corrected chi connectivity index (χ2v) is 4.14. The molecule has 0 aliphatic heterocycles. The topological polar surface area (TPSA) is 75.0 Å². The van der Waals surface area contributed by atoms with Gasteiger partial charge in [0.15, 0.2) is 0 Å². The first kappa shape index (κ1) is 14.3. The molecular formula is C16H13N3O2. The Balaban J connectivity index is 2.16. The SMILES string of the molecule is COc1ccc(/C=C(\C#N)C(=O)Nc2cccnc2)cc1. The predicted octanol–water partition coefficient (Wildman–Crippen LogP) is 2.64. The lowest BCUT2D eigenvalue weighted by molar-refractivity contribution is -0.112. The zero-order valence-electron chi connectivity index (χ0n) is 11.4. The number of nitrogens with zero attached hydrogens (tertiary/aromatic N) is 2. The Morgan fingerprint density at radius 3 is 2.67 bits per heavy atom. The van der Waals surface area contributed by atoms with E-state index in [9.17, 15) is 4.79 Å². The zero-order chi connectivity index (χ0) is 15.1. The number of carbonyl (C=O) groups is 1. The average molecular weight is 279 g/mol. The van der Waals surface area contributed by atoms with E-state index in [1.165, 1.54) is 12.3 Å². The average Bonchev–Trinajstić information content (AvgIpc) is 2.54. The molecule has 2 rings (SSSR count). The Bertz CT molecular complexity index is 686. The van der Waals surface area contributed by atoms with Gasteiger partial charge in [0, 0.05) is 6.20 Å². The van der Waals surface area contributed by atoms with Crippen LogP contribution in [0, 0.1) is 11.3 Å². The van der Waals surface area contributed by atoms with Crippen LogP contribution in [0.4, 0.5) is 5.69 Å². The Morgan fingerprint density at radius 2 is 2.10 bits per heavy atom. The van der Waals surface area contributed by atoms with E-state index in [1.807, 2.05) is 6.07 Å². The van der Waals surface area contributed by atoms with Gasteiger partial charge in [-0.05, 0) is 35.9 Å². The lowest BCUT2D eigenvalue weighted by Crippen LogP contribution is -2.13. The third-order valence-electron chi connectivity index (χ3n) is 2.71. The Kier molecular flexibility index (Phi) is 4.67. The van der Waals surface area contributed by atoms with Gasteiger partial charge >= 0.3 is 0 Å². The van der Waals surface area contributed by atoms with Gasteiger partial charge in [0.2, 0.25) is 0 Å². The minimum Gasteiger partial charge on any atom is -0.497 e. The van der Waals surface area contributed by atoms with Gasteiger partial charge in [0.1, 0.15) is 17.4 Å². The Morgan fingerprint density at radius 1 is 1.33 bits per heavy atom. The normalized spacial score (nSPS) is 10.6. The van der Waals surface area contributed by atoms with E-state index in [2.05, 4.69) is 10.3 Å². The summed E-state index contributed by atoms with van der Waals surface area (Å²) in [6.45, 7) is 0. The van der Waals surface area contributed by atoms with Crippen molar-refractivity contribution in [1.82, 2.24) is 4.98 Å². The highest BCUT2D eigenvalue weighted by Gasteiger charge is 2.09. The summed E-state index contributed by atoms with van der Waals surface area (Å²) < 4.78 is 5.06. The minimum atomic E-state index is -0.471. The molecule has 5 nitrogen and oxygen atoms in total. The summed E-state index contributed by atoms with van der Waals surface area (Å²) in [5.74, 6) is 0.242. The van der Waals surface area contributed by atoms with Gasteiger partial charge in [-0.2, -0.15) is 5.26 Å². The van der Waals surface area contributed by atoms with Gasteiger partial charge in [-0.25, -0.2) is 0 Å². The molecule has 1 aromatic heterocycles. The third-order valence-corrected chi connectivity index (χ3v) is 2.71. The van der Waals surface area contributed by atoms with Crippen molar-refractivity contribution in [2.24, 2.45) is 0 Å². The fraction of sp³-hybridized carbons (Fsp3) is 0.0625. The number of hydrogen-bond acceptors (Lipinski definition) is 4. The van der Waals surface area contributed by atoms with E-state index in [1.54, 1.807) is 49.7 Å². The number of hydrogen-bond donors (Lipinski definition) is 1. The van der Waals surface area contributed by atoms with Gasteiger partial charge in [0.05, 0.1) is 19.0 Å². The molecule has 21 heavy (non-hydrogen) atoms. The molecule has 0 aliphatic rings. The fourth-order valence-electron chi connectivity index (χ4n) is 1.65. The molecule has 1 N–H and O–H groups in total. The first-order valence-corrected chi connectivity index (χ1v) is 6.20. The van der Waals surface area contributed by atoms with E-state index in [-0.39, 0.29) is 5.57 Å². The summed E-state index contributed by atoms with van der Waals surface area (Å²) in [4.78, 5) is 15.9. The van der Waals surface area contributed by atoms with E-state index in [0.717, 1.165) is 5.56 Å². The molecule has 0 radical (unpaired) electrons. The number of ether oxygens (including phenoxy) is 1. The van der Waals surface area contributed by atoms with Crippen molar-refractivity contribution in [2.75, 3.05) is 12.4 Å². The summed E-state index contributed by atoms with van der Waals surface area (Å²) in [5, 5.41) is 11.7. The molecule has 0 bridgehead atoms. The number of rotatable bonds is 4. The Hall–Kier alpha value is -3.13. The van der Waals surface area contributed by atoms with Crippen molar-refractivity contribution in [2.45, 2.75) is 0 Å². The zero-order valence-corrected chi connectivity index (χ0v) is 11.4. The van der Waals surface area contributed by atoms with Crippen LogP contribution in [0.15, 0.2) is 54.4 Å². The molecule has 1 amide bonds. The van der Waals surface area contributed by atoms with Gasteiger partial charge in [-0.3, -0.25) is 9.78 Å². The number of benzene rings is 1. The van der Waals surface area contributed by atoms with Crippen LogP contribution in [0.2, 0.25) is 0 Å². The van der Waals surface area contributed by atoms with Crippen LogP contribution in [0.1, 0.15) is 5.56 Å². The molecule has 0 saturated heterocycles. The quantitative estimate of drug-likeness (QED) is 0.689. The number of aromatic nitrogens is 1. The summed E-state index contributed by atoms with van der Waals surface area (Å²) in [6.07, 6.45) is 4.64. The molecule has 5 heteroatoms. The number of pyridine rings is 1. The molecule has 0 spiro atoms. The maximum atomic E-state index is 12.0. The third kappa shape index (κ3) is 3.91. The number of nitrogens with one attached hydrogen (secondary N) is 1. The van der Waals surface area contributed by atoms with Crippen LogP contribution in [-0.2, 0) is 4.79 Å². The van der Waals surface area contributed by atoms with Crippen molar-refractivity contribution < 1.29 is 9.53 Å². The first-order valence-electron chi connectivity index (χ1n) is 6.20. The predicted molar refractivity (Wildman–Crippen MR) is 79.5 cm³/mol. The van der Waals surface area contributed by atoms with Crippen LogP contribution in [0.3, 0.4) is 0 Å². The maximum absolute atomic E-state index is 12.0. The molecule has 0 saturated carbocycles. The molecule has 104 valence electrons. The summed E-state index contributed by atoms with van der Waals surface area (Å²) in [5.41, 5.74) is 1.30. The van der Waals surface area contributed by atoms with Crippen LogP contribution >= 0.6 is 0 Å². The molecule has 0 fully saturated rings. The van der Waals surface area contributed by atoms with Gasteiger partial charge in [-0.15, -0.1) is 0 Å². The Labute approximate surface area is 122 Å². The molecule has 2 aromatic rings. The van der Waals surface area contributed by atoms with Gasteiger partial charge in [0.25, 0.3) is 5.91 Å². The van der Waals surface area contributed by atoms with Gasteiger partial charge < -0.3 is 10.1 Å². The lowest BCUT2D eigenvalue weighted by Gasteiger charge is -2.03. The second kappa shape index (κ2) is 6.87. The summed E-state index contributed by atoms with van der Waals surface area (Å²) in [6, 6.07) is 12.4. The minimum absolute atomic E-state index is 0.0176. The molecular weight excluding hydrogens is 266 g/mol. The first-order chi connectivity index (χ1) is 10.2. The second-order valence-electron chi connectivity index (χ2n) is 4.14. The van der Waals surface area contributed by atoms with E-state index < -0.39 is 5.91 Å². The largest absolute Gasteiger partial charge is 0.497 e. The molecule has 1 aromatic carbocycles. The number of carbonyl (C=O) groups excluding carboxylic acids is 1. The lowest BCUT2D eigenvalue weighted by atomic mass is 10.1. The summed E-state index contributed by atoms with van der Waals surface area (Å²) in [7, 11) is 1.58. The molecule has 0 unspecified atom stereocenters. The van der Waals surface area contributed by atoms with E-state index in [0.29, 0.717) is 11.4 Å². The number of nitriles is 1. The monoisotopic (exact) mass is 279 g/mol. The van der Waals surface area contributed by atoms with Crippen molar-refractivity contribution in [3.8, 4) is 11.8 Å². The van der Waals surface area contributed by atoms with E-state index >= 15 is 0 Å². The molecule has 0 aliphatic carbocycles. The van der Waals surface area contributed by atoms with Crippen LogP contribution in [-0.4, -0.2) is 18.0 Å².